The van der Waals surface area contributed by atoms with Gasteiger partial charge in [-0.15, -0.1) is 0 Å². The van der Waals surface area contributed by atoms with Crippen molar-refractivity contribution in [2.45, 2.75) is 39.7 Å². The molecule has 0 amide bonds. The molecule has 1 aromatic rings. The van der Waals surface area contributed by atoms with E-state index in [-0.39, 0.29) is 0 Å². The first-order chi connectivity index (χ1) is 9.10. The summed E-state index contributed by atoms with van der Waals surface area (Å²) in [6.07, 6.45) is 4.56. The highest BCUT2D eigenvalue weighted by Crippen LogP contribution is 2.23. The highest BCUT2D eigenvalue weighted by molar-refractivity contribution is 9.10. The zero-order valence-corrected chi connectivity index (χ0v) is 13.7. The monoisotopic (exact) mass is 325 g/mol. The van der Waals surface area contributed by atoms with Gasteiger partial charge in [-0.2, -0.15) is 0 Å². The summed E-state index contributed by atoms with van der Waals surface area (Å²) in [5, 5.41) is 3.61. The summed E-state index contributed by atoms with van der Waals surface area (Å²) in [7, 11) is 0. The van der Waals surface area contributed by atoms with Gasteiger partial charge in [0.1, 0.15) is 4.60 Å². The molecule has 2 heterocycles. The Hall–Kier alpha value is -0.610. The maximum Gasteiger partial charge on any atom is 0.109 e. The van der Waals surface area contributed by atoms with Gasteiger partial charge in [0.2, 0.25) is 0 Å². The quantitative estimate of drug-likeness (QED) is 0.856. The second-order valence-corrected chi connectivity index (χ2v) is 6.31. The van der Waals surface area contributed by atoms with E-state index in [9.17, 15) is 0 Å². The van der Waals surface area contributed by atoms with E-state index >= 15 is 0 Å². The van der Waals surface area contributed by atoms with Crippen molar-refractivity contribution >= 4 is 21.6 Å². The Kier molecular flexibility index (Phi) is 5.22. The number of pyridine rings is 1. The van der Waals surface area contributed by atoms with Gasteiger partial charge < -0.3 is 10.2 Å². The smallest absolute Gasteiger partial charge is 0.109 e. The Morgan fingerprint density at radius 2 is 2.37 bits per heavy atom. The topological polar surface area (TPSA) is 28.2 Å². The first-order valence-corrected chi connectivity index (χ1v) is 8.00. The number of hydrogen-bond donors (Lipinski definition) is 1. The van der Waals surface area contributed by atoms with E-state index < -0.39 is 0 Å². The van der Waals surface area contributed by atoms with Crippen LogP contribution in [-0.2, 0) is 0 Å². The lowest BCUT2D eigenvalue weighted by atomic mass is 9.91. The third-order valence-electron chi connectivity index (χ3n) is 4.11. The fourth-order valence-corrected chi connectivity index (χ4v) is 3.02. The summed E-state index contributed by atoms with van der Waals surface area (Å²) in [6.45, 7) is 10.3. The third kappa shape index (κ3) is 3.93. The minimum atomic E-state index is 0.497. The molecule has 106 valence electrons. The molecule has 0 saturated carbocycles. The van der Waals surface area contributed by atoms with Gasteiger partial charge in [0.15, 0.2) is 0 Å². The van der Waals surface area contributed by atoms with Crippen LogP contribution in [-0.4, -0.2) is 35.6 Å². The molecule has 0 aromatic carbocycles. The summed E-state index contributed by atoms with van der Waals surface area (Å²) < 4.78 is 0.931. The fraction of sp³-hybridized carbons (Fsp3) is 0.667. The maximum absolute atomic E-state index is 4.35. The third-order valence-corrected chi connectivity index (χ3v) is 4.94. The van der Waals surface area contributed by atoms with E-state index in [1.165, 1.54) is 38.0 Å². The molecule has 2 unspecified atom stereocenters. The van der Waals surface area contributed by atoms with Gasteiger partial charge >= 0.3 is 0 Å². The zero-order valence-electron chi connectivity index (χ0n) is 12.1. The van der Waals surface area contributed by atoms with Crippen LogP contribution in [0.25, 0.3) is 0 Å². The molecule has 0 radical (unpaired) electrons. The first-order valence-electron chi connectivity index (χ1n) is 7.21. The van der Waals surface area contributed by atoms with Gasteiger partial charge in [0.05, 0.1) is 11.9 Å². The van der Waals surface area contributed by atoms with E-state index in [0.29, 0.717) is 6.04 Å². The fourth-order valence-electron chi connectivity index (χ4n) is 2.80. The van der Waals surface area contributed by atoms with E-state index in [4.69, 9.17) is 0 Å². The van der Waals surface area contributed by atoms with E-state index in [2.05, 4.69) is 58.0 Å². The van der Waals surface area contributed by atoms with E-state index in [0.717, 1.165) is 16.2 Å². The minimum Gasteiger partial charge on any atom is -0.381 e. The standard InChI is InChI=1S/C15H24BrN3/c1-4-19-7-5-6-13(10-19)12(3)18-14-8-11(2)15(16)17-9-14/h8-9,12-13,18H,4-7,10H2,1-3H3. The Bertz CT molecular complexity index is 422. The van der Waals surface area contributed by atoms with Crippen LogP contribution in [0.3, 0.4) is 0 Å². The Labute approximate surface area is 124 Å². The number of rotatable bonds is 4. The number of halogens is 1. The molecule has 2 rings (SSSR count). The maximum atomic E-state index is 4.35. The number of nitrogens with one attached hydrogen (secondary N) is 1. The molecule has 0 bridgehead atoms. The molecule has 1 aliphatic rings. The number of aromatic nitrogens is 1. The highest BCUT2D eigenvalue weighted by Gasteiger charge is 2.23. The van der Waals surface area contributed by atoms with Crippen LogP contribution in [0.5, 0.6) is 0 Å². The molecule has 1 aliphatic heterocycles. The predicted molar refractivity (Wildman–Crippen MR) is 84.6 cm³/mol. The Balaban J connectivity index is 1.96. The molecule has 1 aromatic heterocycles. The predicted octanol–water partition coefficient (Wildman–Crippen LogP) is 3.68. The molecule has 0 aliphatic carbocycles. The van der Waals surface area contributed by atoms with Crippen LogP contribution in [0.2, 0.25) is 0 Å². The zero-order chi connectivity index (χ0) is 13.8. The molecular weight excluding hydrogens is 302 g/mol. The van der Waals surface area contributed by atoms with Crippen LogP contribution < -0.4 is 5.32 Å². The van der Waals surface area contributed by atoms with Gasteiger partial charge in [0.25, 0.3) is 0 Å². The molecule has 4 heteroatoms. The van der Waals surface area contributed by atoms with Crippen molar-refractivity contribution in [1.82, 2.24) is 9.88 Å². The summed E-state index contributed by atoms with van der Waals surface area (Å²) in [5.74, 6) is 0.734. The van der Waals surface area contributed by atoms with Crippen molar-refractivity contribution in [3.63, 3.8) is 0 Å². The molecule has 19 heavy (non-hydrogen) atoms. The van der Waals surface area contributed by atoms with Crippen molar-refractivity contribution in [3.8, 4) is 0 Å². The summed E-state index contributed by atoms with van der Waals surface area (Å²) in [5.41, 5.74) is 2.30. The second kappa shape index (κ2) is 6.71. The van der Waals surface area contributed by atoms with Crippen molar-refractivity contribution in [2.75, 3.05) is 25.0 Å². The molecular formula is C15H24BrN3. The van der Waals surface area contributed by atoms with Gasteiger partial charge in [-0.25, -0.2) is 4.98 Å². The number of likely N-dealkylation sites (tertiary alicyclic amines) is 1. The highest BCUT2D eigenvalue weighted by atomic mass is 79.9. The van der Waals surface area contributed by atoms with Crippen LogP contribution in [0.1, 0.15) is 32.3 Å². The molecule has 0 spiro atoms. The van der Waals surface area contributed by atoms with Crippen molar-refractivity contribution in [3.05, 3.63) is 22.4 Å². The number of anilines is 1. The number of piperidine rings is 1. The van der Waals surface area contributed by atoms with Crippen LogP contribution in [0.4, 0.5) is 5.69 Å². The normalized spacial score (nSPS) is 22.2. The van der Waals surface area contributed by atoms with Gasteiger partial charge in [-0.3, -0.25) is 0 Å². The summed E-state index contributed by atoms with van der Waals surface area (Å²) in [4.78, 5) is 6.90. The summed E-state index contributed by atoms with van der Waals surface area (Å²) in [6, 6.07) is 2.66. The van der Waals surface area contributed by atoms with Crippen molar-refractivity contribution in [1.29, 1.82) is 0 Å². The van der Waals surface area contributed by atoms with Crippen LogP contribution in [0.15, 0.2) is 16.9 Å². The SMILES string of the molecule is CCN1CCCC(C(C)Nc2cnc(Br)c(C)c2)C1. The molecule has 1 saturated heterocycles. The minimum absolute atomic E-state index is 0.497. The average Bonchev–Trinajstić information content (AvgIpc) is 2.43. The average molecular weight is 326 g/mol. The van der Waals surface area contributed by atoms with Crippen LogP contribution in [0, 0.1) is 12.8 Å². The van der Waals surface area contributed by atoms with E-state index in [1.54, 1.807) is 0 Å². The Morgan fingerprint density at radius 1 is 1.58 bits per heavy atom. The van der Waals surface area contributed by atoms with Gasteiger partial charge in [0, 0.05) is 12.6 Å². The molecule has 2 atom stereocenters. The lowest BCUT2D eigenvalue weighted by Gasteiger charge is -2.35. The first kappa shape index (κ1) is 14.8. The largest absolute Gasteiger partial charge is 0.381 e. The lowest BCUT2D eigenvalue weighted by Crippen LogP contribution is -2.41. The summed E-state index contributed by atoms with van der Waals surface area (Å²) >= 11 is 3.44. The van der Waals surface area contributed by atoms with Crippen molar-refractivity contribution in [2.24, 2.45) is 5.92 Å². The Morgan fingerprint density at radius 3 is 3.05 bits per heavy atom. The molecule has 1 N–H and O–H groups in total. The van der Waals surface area contributed by atoms with E-state index in [1.807, 2.05) is 6.20 Å². The van der Waals surface area contributed by atoms with Gasteiger partial charge in [-0.05, 0) is 73.3 Å². The number of aryl methyl sites for hydroxylation is 1. The van der Waals surface area contributed by atoms with Crippen LogP contribution >= 0.6 is 15.9 Å². The lowest BCUT2D eigenvalue weighted by molar-refractivity contribution is 0.172. The van der Waals surface area contributed by atoms with Crippen molar-refractivity contribution < 1.29 is 0 Å². The molecule has 1 fully saturated rings. The number of hydrogen-bond acceptors (Lipinski definition) is 3. The van der Waals surface area contributed by atoms with Gasteiger partial charge in [-0.1, -0.05) is 6.92 Å². The molecule has 3 nitrogen and oxygen atoms in total. The second-order valence-electron chi connectivity index (χ2n) is 5.56. The number of nitrogens with zero attached hydrogens (tertiary/aromatic N) is 2.